The molecule has 0 aliphatic rings. The minimum Gasteiger partial charge on any atom is -0.478 e. The van der Waals surface area contributed by atoms with Crippen LogP contribution in [0.3, 0.4) is 0 Å². The van der Waals surface area contributed by atoms with Crippen molar-refractivity contribution in [3.8, 4) is 0 Å². The lowest BCUT2D eigenvalue weighted by atomic mass is 10.2. The van der Waals surface area contributed by atoms with Crippen LogP contribution >= 0.6 is 0 Å². The molecule has 0 aliphatic heterocycles. The number of rotatable bonds is 5. The van der Waals surface area contributed by atoms with Gasteiger partial charge in [0.1, 0.15) is 5.82 Å². The first-order valence-corrected chi connectivity index (χ1v) is 7.69. The lowest BCUT2D eigenvalue weighted by Gasteiger charge is -2.11. The molecule has 3 rings (SSSR count). The average molecular weight is 374 g/mol. The van der Waals surface area contributed by atoms with Crippen molar-refractivity contribution in [3.63, 3.8) is 0 Å². The van der Waals surface area contributed by atoms with Gasteiger partial charge in [-0.25, -0.2) is 9.78 Å². The predicted molar refractivity (Wildman–Crippen MR) is 93.4 cm³/mol. The number of para-hydroxylation sites is 1. The predicted octanol–water partition coefficient (Wildman–Crippen LogP) is 4.68. The van der Waals surface area contributed by atoms with E-state index in [4.69, 9.17) is 0 Å². The van der Waals surface area contributed by atoms with E-state index in [9.17, 15) is 23.1 Å². The van der Waals surface area contributed by atoms with E-state index in [0.29, 0.717) is 17.2 Å². The van der Waals surface area contributed by atoms with Crippen molar-refractivity contribution in [2.45, 2.75) is 6.18 Å². The molecule has 0 unspecified atom stereocenters. The summed E-state index contributed by atoms with van der Waals surface area (Å²) >= 11 is 0. The van der Waals surface area contributed by atoms with Crippen LogP contribution in [0.4, 0.5) is 36.3 Å². The molecule has 27 heavy (non-hydrogen) atoms. The molecule has 2 aromatic carbocycles. The molecule has 0 saturated carbocycles. The Labute approximate surface area is 151 Å². The van der Waals surface area contributed by atoms with Crippen LogP contribution in [0.1, 0.15) is 15.9 Å². The third-order valence-electron chi connectivity index (χ3n) is 3.54. The highest BCUT2D eigenvalue weighted by atomic mass is 19.4. The number of hydrogen-bond acceptors (Lipinski definition) is 5. The van der Waals surface area contributed by atoms with Crippen LogP contribution in [0.25, 0.3) is 0 Å². The van der Waals surface area contributed by atoms with Gasteiger partial charge in [0.05, 0.1) is 16.8 Å². The van der Waals surface area contributed by atoms with Crippen LogP contribution in [-0.4, -0.2) is 21.0 Å². The van der Waals surface area contributed by atoms with Gasteiger partial charge in [0.25, 0.3) is 0 Å². The number of halogens is 3. The summed E-state index contributed by atoms with van der Waals surface area (Å²) in [7, 11) is 0. The molecule has 1 heterocycles. The number of nitrogens with one attached hydrogen (secondary N) is 2. The molecule has 0 fully saturated rings. The topological polar surface area (TPSA) is 87.1 Å². The highest BCUT2D eigenvalue weighted by molar-refractivity contribution is 5.95. The van der Waals surface area contributed by atoms with E-state index in [1.54, 1.807) is 18.2 Å². The van der Waals surface area contributed by atoms with Gasteiger partial charge in [-0.2, -0.15) is 18.2 Å². The first-order valence-electron chi connectivity index (χ1n) is 7.69. The standard InChI is InChI=1S/C18H13F3N4O2/c19-18(20,21)11-5-7-12(8-6-11)23-17-22-10-9-15(25-17)24-14-4-2-1-3-13(14)16(26)27/h1-10H,(H,26,27)(H2,22,23,24,25). The highest BCUT2D eigenvalue weighted by Crippen LogP contribution is 2.30. The van der Waals surface area contributed by atoms with Gasteiger partial charge in [-0.05, 0) is 42.5 Å². The van der Waals surface area contributed by atoms with E-state index >= 15 is 0 Å². The Morgan fingerprint density at radius 3 is 2.33 bits per heavy atom. The van der Waals surface area contributed by atoms with Crippen molar-refractivity contribution >= 4 is 29.1 Å². The minimum atomic E-state index is -4.41. The fourth-order valence-corrected chi connectivity index (χ4v) is 2.28. The largest absolute Gasteiger partial charge is 0.478 e. The number of alkyl halides is 3. The van der Waals surface area contributed by atoms with Crippen molar-refractivity contribution in [2.75, 3.05) is 10.6 Å². The first-order chi connectivity index (χ1) is 12.8. The summed E-state index contributed by atoms with van der Waals surface area (Å²) in [4.78, 5) is 19.4. The molecule has 0 saturated heterocycles. The summed E-state index contributed by atoms with van der Waals surface area (Å²) in [5, 5.41) is 14.9. The van der Waals surface area contributed by atoms with Crippen LogP contribution in [0.5, 0.6) is 0 Å². The lowest BCUT2D eigenvalue weighted by Crippen LogP contribution is -2.06. The number of carboxylic acids is 1. The van der Waals surface area contributed by atoms with Crippen molar-refractivity contribution in [1.82, 2.24) is 9.97 Å². The van der Waals surface area contributed by atoms with Gasteiger partial charge in [-0.15, -0.1) is 0 Å². The number of aromatic carboxylic acids is 1. The molecular formula is C18H13F3N4O2. The Morgan fingerprint density at radius 2 is 1.67 bits per heavy atom. The van der Waals surface area contributed by atoms with Crippen molar-refractivity contribution in [1.29, 1.82) is 0 Å². The maximum absolute atomic E-state index is 12.6. The van der Waals surface area contributed by atoms with Gasteiger partial charge in [-0.1, -0.05) is 12.1 Å². The number of benzene rings is 2. The second-order valence-electron chi connectivity index (χ2n) is 5.44. The second kappa shape index (κ2) is 7.32. The smallest absolute Gasteiger partial charge is 0.416 e. The number of carboxylic acid groups (broad SMARTS) is 1. The fraction of sp³-hybridized carbons (Fsp3) is 0.0556. The summed E-state index contributed by atoms with van der Waals surface area (Å²) in [6.45, 7) is 0. The van der Waals surface area contributed by atoms with Crippen LogP contribution in [0.15, 0.2) is 60.8 Å². The lowest BCUT2D eigenvalue weighted by molar-refractivity contribution is -0.137. The second-order valence-corrected chi connectivity index (χ2v) is 5.44. The van der Waals surface area contributed by atoms with Crippen LogP contribution in [0, 0.1) is 0 Å². The molecule has 0 aliphatic carbocycles. The van der Waals surface area contributed by atoms with Gasteiger partial charge >= 0.3 is 12.1 Å². The third-order valence-corrected chi connectivity index (χ3v) is 3.54. The zero-order valence-electron chi connectivity index (χ0n) is 13.7. The Hall–Kier alpha value is -3.62. The monoisotopic (exact) mass is 374 g/mol. The summed E-state index contributed by atoms with van der Waals surface area (Å²) in [6, 6.07) is 12.3. The van der Waals surface area contributed by atoms with Crippen molar-refractivity contribution < 1.29 is 23.1 Å². The molecule has 9 heteroatoms. The molecule has 0 bridgehead atoms. The zero-order chi connectivity index (χ0) is 19.4. The SMILES string of the molecule is O=C(O)c1ccccc1Nc1ccnc(Nc2ccc(C(F)(F)F)cc2)n1. The molecule has 6 nitrogen and oxygen atoms in total. The quantitative estimate of drug-likeness (QED) is 0.601. The van der Waals surface area contributed by atoms with E-state index < -0.39 is 17.7 Å². The molecule has 0 spiro atoms. The molecule has 0 atom stereocenters. The summed E-state index contributed by atoms with van der Waals surface area (Å²) in [5.41, 5.74) is 0.0540. The molecular weight excluding hydrogens is 361 g/mol. The molecule has 3 N–H and O–H groups in total. The molecule has 1 aromatic heterocycles. The van der Waals surface area contributed by atoms with Gasteiger partial charge in [-0.3, -0.25) is 0 Å². The van der Waals surface area contributed by atoms with Crippen LogP contribution < -0.4 is 10.6 Å². The van der Waals surface area contributed by atoms with Gasteiger partial charge in [0.15, 0.2) is 0 Å². The number of aromatic nitrogens is 2. The van der Waals surface area contributed by atoms with E-state index in [-0.39, 0.29) is 11.5 Å². The molecule has 138 valence electrons. The van der Waals surface area contributed by atoms with E-state index in [1.165, 1.54) is 30.5 Å². The Bertz CT molecular complexity index is 959. The summed E-state index contributed by atoms with van der Waals surface area (Å²) in [5.74, 6) is -0.615. The summed E-state index contributed by atoms with van der Waals surface area (Å²) < 4.78 is 37.8. The van der Waals surface area contributed by atoms with Crippen molar-refractivity contribution in [2.24, 2.45) is 0 Å². The molecule has 3 aromatic rings. The van der Waals surface area contributed by atoms with E-state index in [1.807, 2.05) is 0 Å². The summed E-state index contributed by atoms with van der Waals surface area (Å²) in [6.07, 6.45) is -2.97. The van der Waals surface area contributed by atoms with Gasteiger partial charge in [0, 0.05) is 11.9 Å². The number of hydrogen-bond donors (Lipinski definition) is 3. The first kappa shape index (κ1) is 18.2. The van der Waals surface area contributed by atoms with Crippen LogP contribution in [-0.2, 0) is 6.18 Å². The Balaban J connectivity index is 1.77. The number of nitrogens with zero attached hydrogens (tertiary/aromatic N) is 2. The maximum atomic E-state index is 12.6. The average Bonchev–Trinajstić information content (AvgIpc) is 2.62. The highest BCUT2D eigenvalue weighted by Gasteiger charge is 2.29. The normalized spacial score (nSPS) is 11.1. The van der Waals surface area contributed by atoms with Crippen LogP contribution in [0.2, 0.25) is 0 Å². The zero-order valence-corrected chi connectivity index (χ0v) is 13.7. The third kappa shape index (κ3) is 4.51. The Morgan fingerprint density at radius 1 is 0.963 bits per heavy atom. The van der Waals surface area contributed by atoms with Gasteiger partial charge < -0.3 is 15.7 Å². The Kier molecular flexibility index (Phi) is 4.93. The number of carbonyl (C=O) groups is 1. The maximum Gasteiger partial charge on any atom is 0.416 e. The minimum absolute atomic E-state index is 0.0772. The number of anilines is 4. The van der Waals surface area contributed by atoms with E-state index in [2.05, 4.69) is 20.6 Å². The molecule has 0 amide bonds. The van der Waals surface area contributed by atoms with Gasteiger partial charge in [0.2, 0.25) is 5.95 Å². The fourth-order valence-electron chi connectivity index (χ4n) is 2.28. The van der Waals surface area contributed by atoms with Crippen molar-refractivity contribution in [3.05, 3.63) is 71.9 Å². The molecule has 0 radical (unpaired) electrons. The van der Waals surface area contributed by atoms with E-state index in [0.717, 1.165) is 12.1 Å².